The maximum atomic E-state index is 11.5. The van der Waals surface area contributed by atoms with Gasteiger partial charge in [0.25, 0.3) is 0 Å². The van der Waals surface area contributed by atoms with Crippen molar-refractivity contribution in [3.8, 4) is 0 Å². The minimum atomic E-state index is -1.20. The van der Waals surface area contributed by atoms with Crippen molar-refractivity contribution in [1.82, 2.24) is 0 Å². The zero-order chi connectivity index (χ0) is 15.4. The number of carboxylic acid groups (broad SMARTS) is 1. The third-order valence-corrected chi connectivity index (χ3v) is 6.49. The van der Waals surface area contributed by atoms with E-state index in [-0.39, 0.29) is 28.6 Å². The molecule has 0 heterocycles. The molecule has 0 unspecified atom stereocenters. The molecule has 0 aliphatic carbocycles. The van der Waals surface area contributed by atoms with Crippen molar-refractivity contribution in [1.29, 1.82) is 0 Å². The van der Waals surface area contributed by atoms with Gasteiger partial charge in [-0.25, -0.2) is 9.79 Å². The second-order valence-corrected chi connectivity index (χ2v) is 6.40. The molecule has 0 bridgehead atoms. The Labute approximate surface area is 154 Å². The molecule has 1 rings (SSSR count). The maximum Gasteiger partial charge on any atom is 0.338 e. The predicted molar refractivity (Wildman–Crippen MR) is 93.1 cm³/mol. The number of nitrogens with zero attached hydrogens (tertiary/aromatic N) is 1. The van der Waals surface area contributed by atoms with Crippen LogP contribution in [0.25, 0.3) is 0 Å². The first-order valence-corrected chi connectivity index (χ1v) is 8.30. The Bertz CT molecular complexity index is 604. The van der Waals surface area contributed by atoms with Gasteiger partial charge < -0.3 is 8.93 Å². The van der Waals surface area contributed by atoms with Gasteiger partial charge in [-0.15, -0.1) is 6.58 Å². The first-order valence-electron chi connectivity index (χ1n) is 4.90. The van der Waals surface area contributed by atoms with Crippen LogP contribution < -0.4 is 0 Å². The van der Waals surface area contributed by atoms with Gasteiger partial charge in [-0.3, -0.25) is 0 Å². The van der Waals surface area contributed by atoms with Crippen molar-refractivity contribution in [2.45, 2.75) is 0 Å². The van der Waals surface area contributed by atoms with Crippen LogP contribution >= 0.6 is 75.6 Å². The van der Waals surface area contributed by atoms with E-state index in [1.165, 1.54) is 0 Å². The molecule has 4 nitrogen and oxygen atoms in total. The van der Waals surface area contributed by atoms with E-state index in [1.807, 2.05) is 0 Å². The normalized spacial score (nSPS) is 11.3. The summed E-state index contributed by atoms with van der Waals surface area (Å²) in [5, 5.41) is 9.41. The highest BCUT2D eigenvalue weighted by Crippen LogP contribution is 2.42. The molecule has 0 radical (unpaired) electrons. The summed E-state index contributed by atoms with van der Waals surface area (Å²) in [4.78, 5) is 15.6. The first-order chi connectivity index (χ1) is 9.36. The highest BCUT2D eigenvalue weighted by molar-refractivity contribution is 9.14. The number of hydrogen-bond donors (Lipinski definition) is 1. The highest BCUT2D eigenvalue weighted by Gasteiger charge is 2.27. The zero-order valence-corrected chi connectivity index (χ0v) is 16.7. The molecule has 108 valence electrons. The lowest BCUT2D eigenvalue weighted by molar-refractivity contribution is 0.0696. The predicted octanol–water partition coefficient (Wildman–Crippen LogP) is 5.58. The number of benzene rings is 1. The molecular weight excluding hydrogens is 549 g/mol. The van der Waals surface area contributed by atoms with Crippen molar-refractivity contribution in [2.24, 2.45) is 4.99 Å². The number of aromatic carboxylic acids is 1. The number of aliphatic imine (C=N–C) groups is 1. The van der Waals surface area contributed by atoms with E-state index in [9.17, 15) is 9.90 Å². The van der Waals surface area contributed by atoms with Crippen molar-refractivity contribution < 1.29 is 13.7 Å². The highest BCUT2D eigenvalue weighted by atomic mass is 79.9. The summed E-state index contributed by atoms with van der Waals surface area (Å²) in [5.74, 6) is -1.13. The van der Waals surface area contributed by atoms with Gasteiger partial charge in [0.1, 0.15) is 0 Å². The summed E-state index contributed by atoms with van der Waals surface area (Å²) in [7, 11) is 0. The van der Waals surface area contributed by atoms with E-state index >= 15 is 0 Å². The van der Waals surface area contributed by atoms with Crippen LogP contribution in [0.4, 0.5) is 0 Å². The molecule has 1 aromatic carbocycles. The fourth-order valence-electron chi connectivity index (χ4n) is 1.32. The average Bonchev–Trinajstić information content (AvgIpc) is 2.42. The Morgan fingerprint density at radius 3 is 2.35 bits per heavy atom. The molecule has 0 aliphatic rings. The van der Waals surface area contributed by atoms with Crippen LogP contribution in [0.5, 0.6) is 0 Å². The van der Waals surface area contributed by atoms with Gasteiger partial charge in [0, 0.05) is 8.95 Å². The number of hydrogen-bond acceptors (Lipinski definition) is 3. The smallest absolute Gasteiger partial charge is 0.338 e. The van der Waals surface area contributed by atoms with Crippen LogP contribution in [-0.2, 0) is 3.83 Å². The molecule has 1 N–H and O–H groups in total. The molecule has 20 heavy (non-hydrogen) atoms. The van der Waals surface area contributed by atoms with Gasteiger partial charge in [-0.05, 0) is 47.8 Å². The fraction of sp³-hybridized carbons (Fsp3) is 0.0909. The van der Waals surface area contributed by atoms with Crippen molar-refractivity contribution in [3.05, 3.63) is 42.2 Å². The molecule has 0 saturated heterocycles. The second-order valence-electron chi connectivity index (χ2n) is 3.32. The molecule has 0 spiro atoms. The molecule has 0 amide bonds. The Balaban J connectivity index is 3.75. The molecule has 0 saturated carbocycles. The summed E-state index contributed by atoms with van der Waals surface area (Å²) in [6.07, 6.45) is 1.55. The lowest BCUT2D eigenvalue weighted by Gasteiger charge is -2.14. The van der Waals surface area contributed by atoms with Crippen LogP contribution in [-0.4, -0.2) is 23.5 Å². The largest absolute Gasteiger partial charge is 0.478 e. The Morgan fingerprint density at radius 1 is 1.30 bits per heavy atom. The third kappa shape index (κ3) is 3.65. The van der Waals surface area contributed by atoms with Crippen LogP contribution in [0.1, 0.15) is 15.9 Å². The van der Waals surface area contributed by atoms with Crippen LogP contribution in [0.15, 0.2) is 31.1 Å². The number of carboxylic acids is 1. The van der Waals surface area contributed by atoms with Crippen LogP contribution in [0.3, 0.4) is 0 Å². The number of halogens is 5. The molecular formula is C11H6Br4ClNO3. The van der Waals surface area contributed by atoms with Gasteiger partial charge in [0.05, 0.1) is 27.2 Å². The van der Waals surface area contributed by atoms with Crippen molar-refractivity contribution in [3.63, 3.8) is 0 Å². The summed E-state index contributed by atoms with van der Waals surface area (Å²) < 4.78 is 6.41. The number of rotatable bonds is 4. The van der Waals surface area contributed by atoms with E-state index in [0.29, 0.717) is 13.4 Å². The molecule has 0 aromatic heterocycles. The first kappa shape index (κ1) is 18.2. The van der Waals surface area contributed by atoms with Crippen LogP contribution in [0, 0.1) is 0 Å². The summed E-state index contributed by atoms with van der Waals surface area (Å²) in [5.41, 5.74) is 0.0900. The summed E-state index contributed by atoms with van der Waals surface area (Å²) in [6, 6.07) is 0. The van der Waals surface area contributed by atoms with E-state index < -0.39 is 5.97 Å². The van der Waals surface area contributed by atoms with Crippen molar-refractivity contribution in [2.75, 3.05) is 6.54 Å². The Hall–Kier alpha value is 0.110. The standard InChI is InChI=1S/C11H6Br4ClNO3/c1-2-3-17-10(20-15)4-5(11(18)19)9(16)8(14)7(13)6(4)12/h2H,1,3H2,(H,18,19). The van der Waals surface area contributed by atoms with Gasteiger partial charge in [0.2, 0.25) is 5.90 Å². The van der Waals surface area contributed by atoms with Crippen LogP contribution in [0.2, 0.25) is 5.02 Å². The quantitative estimate of drug-likeness (QED) is 0.174. The molecule has 0 fully saturated rings. The zero-order valence-electron chi connectivity index (χ0n) is 9.59. The second kappa shape index (κ2) is 7.93. The molecule has 0 atom stereocenters. The number of carbonyl (C=O) groups is 1. The van der Waals surface area contributed by atoms with Gasteiger partial charge in [0.15, 0.2) is 16.3 Å². The molecule has 9 heteroatoms. The average molecular weight is 555 g/mol. The molecule has 1 aromatic rings. The van der Waals surface area contributed by atoms with Gasteiger partial charge >= 0.3 is 5.97 Å². The minimum absolute atomic E-state index is 0.0402. The SMILES string of the molecule is C=CCN=C(OBr)c1c(Br)c(Br)c(Br)c(Cl)c1C(=O)O. The van der Waals surface area contributed by atoms with E-state index in [2.05, 4.69) is 75.6 Å². The molecule has 0 aliphatic heterocycles. The lowest BCUT2D eigenvalue weighted by Crippen LogP contribution is -2.13. The lowest BCUT2D eigenvalue weighted by atomic mass is 10.1. The minimum Gasteiger partial charge on any atom is -0.478 e. The summed E-state index contributed by atoms with van der Waals surface area (Å²) >= 11 is 18.8. The summed E-state index contributed by atoms with van der Waals surface area (Å²) in [6.45, 7) is 3.80. The monoisotopic (exact) mass is 551 g/mol. The van der Waals surface area contributed by atoms with E-state index in [0.717, 1.165) is 0 Å². The Morgan fingerprint density at radius 2 is 1.90 bits per heavy atom. The fourth-order valence-corrected chi connectivity index (χ4v) is 3.60. The van der Waals surface area contributed by atoms with E-state index in [4.69, 9.17) is 15.4 Å². The maximum absolute atomic E-state index is 11.5. The van der Waals surface area contributed by atoms with Gasteiger partial charge in [-0.2, -0.15) is 0 Å². The van der Waals surface area contributed by atoms with E-state index in [1.54, 1.807) is 6.08 Å². The van der Waals surface area contributed by atoms with Gasteiger partial charge in [-0.1, -0.05) is 17.7 Å². The third-order valence-electron chi connectivity index (χ3n) is 2.13. The Kier molecular flexibility index (Phi) is 7.20. The topological polar surface area (TPSA) is 58.9 Å². The van der Waals surface area contributed by atoms with Crippen molar-refractivity contribution >= 4 is 87.5 Å².